The topological polar surface area (TPSA) is 51.2 Å². The van der Waals surface area contributed by atoms with Crippen molar-refractivity contribution in [1.29, 1.82) is 0 Å². The second kappa shape index (κ2) is 8.42. The van der Waals surface area contributed by atoms with Crippen LogP contribution in [0.3, 0.4) is 0 Å². The van der Waals surface area contributed by atoms with Crippen molar-refractivity contribution >= 4 is 21.8 Å². The van der Waals surface area contributed by atoms with Crippen LogP contribution in [-0.2, 0) is 11.2 Å². The van der Waals surface area contributed by atoms with E-state index >= 15 is 0 Å². The molecule has 0 spiro atoms. The lowest BCUT2D eigenvalue weighted by Gasteiger charge is -2.07. The lowest BCUT2D eigenvalue weighted by Crippen LogP contribution is -2.27. The standard InChI is InChI=1S/C16H17BrN2O2/c17-13-4-3-6-15(12-13)21-11-8-16(20)19-10-7-14-5-1-2-9-18-14/h1-6,9,12H,7-8,10-11H2,(H,19,20). The van der Waals surface area contributed by atoms with Crippen LogP contribution in [0.25, 0.3) is 0 Å². The monoisotopic (exact) mass is 348 g/mol. The highest BCUT2D eigenvalue weighted by Gasteiger charge is 2.02. The maximum atomic E-state index is 11.7. The summed E-state index contributed by atoms with van der Waals surface area (Å²) < 4.78 is 6.48. The van der Waals surface area contributed by atoms with Gasteiger partial charge in [-0.2, -0.15) is 0 Å². The van der Waals surface area contributed by atoms with Crippen molar-refractivity contribution in [2.75, 3.05) is 13.2 Å². The Bertz CT molecular complexity index is 575. The number of pyridine rings is 1. The van der Waals surface area contributed by atoms with Gasteiger partial charge in [0.25, 0.3) is 0 Å². The molecule has 1 aromatic heterocycles. The Hall–Kier alpha value is -1.88. The number of rotatable bonds is 7. The molecule has 0 aliphatic rings. The van der Waals surface area contributed by atoms with E-state index in [4.69, 9.17) is 4.74 Å². The second-order valence-electron chi connectivity index (χ2n) is 4.48. The molecule has 110 valence electrons. The molecule has 0 atom stereocenters. The Morgan fingerprint density at radius 3 is 2.90 bits per heavy atom. The summed E-state index contributed by atoms with van der Waals surface area (Å²) in [5.74, 6) is 0.742. The molecule has 0 aliphatic carbocycles. The third-order valence-corrected chi connectivity index (χ3v) is 3.32. The minimum absolute atomic E-state index is 0.0130. The summed E-state index contributed by atoms with van der Waals surface area (Å²) in [4.78, 5) is 15.9. The smallest absolute Gasteiger partial charge is 0.223 e. The summed E-state index contributed by atoms with van der Waals surface area (Å²) in [6.07, 6.45) is 2.83. The van der Waals surface area contributed by atoms with Crippen LogP contribution >= 0.6 is 15.9 Å². The third kappa shape index (κ3) is 5.95. The Morgan fingerprint density at radius 2 is 2.14 bits per heavy atom. The lowest BCUT2D eigenvalue weighted by molar-refractivity contribution is -0.121. The van der Waals surface area contributed by atoms with E-state index in [0.717, 1.165) is 22.3 Å². The third-order valence-electron chi connectivity index (χ3n) is 2.82. The van der Waals surface area contributed by atoms with E-state index in [9.17, 15) is 4.79 Å². The fourth-order valence-electron chi connectivity index (χ4n) is 1.78. The molecule has 0 radical (unpaired) electrons. The van der Waals surface area contributed by atoms with Gasteiger partial charge < -0.3 is 10.1 Å². The second-order valence-corrected chi connectivity index (χ2v) is 5.39. The molecule has 1 amide bonds. The van der Waals surface area contributed by atoms with E-state index < -0.39 is 0 Å². The molecule has 0 unspecified atom stereocenters. The molecule has 1 heterocycles. The number of nitrogens with zero attached hydrogens (tertiary/aromatic N) is 1. The van der Waals surface area contributed by atoms with Gasteiger partial charge >= 0.3 is 0 Å². The van der Waals surface area contributed by atoms with Gasteiger partial charge in [-0.3, -0.25) is 9.78 Å². The highest BCUT2D eigenvalue weighted by Crippen LogP contribution is 2.17. The van der Waals surface area contributed by atoms with Gasteiger partial charge in [0.2, 0.25) is 5.91 Å². The maximum absolute atomic E-state index is 11.7. The largest absolute Gasteiger partial charge is 0.493 e. The van der Waals surface area contributed by atoms with Gasteiger partial charge in [0, 0.05) is 29.3 Å². The summed E-state index contributed by atoms with van der Waals surface area (Å²) in [5.41, 5.74) is 0.975. The SMILES string of the molecule is O=C(CCOc1cccc(Br)c1)NCCc1ccccn1. The van der Waals surface area contributed by atoms with Gasteiger partial charge in [-0.1, -0.05) is 28.1 Å². The molecule has 1 aromatic carbocycles. The van der Waals surface area contributed by atoms with E-state index in [-0.39, 0.29) is 5.91 Å². The quantitative estimate of drug-likeness (QED) is 0.836. The molecule has 0 aliphatic heterocycles. The van der Waals surface area contributed by atoms with Crippen molar-refractivity contribution in [1.82, 2.24) is 10.3 Å². The summed E-state index contributed by atoms with van der Waals surface area (Å²) in [7, 11) is 0. The molecule has 2 rings (SSSR count). The van der Waals surface area contributed by atoms with E-state index in [1.54, 1.807) is 6.20 Å². The van der Waals surface area contributed by atoms with Crippen molar-refractivity contribution in [2.24, 2.45) is 0 Å². The van der Waals surface area contributed by atoms with E-state index in [0.29, 0.717) is 19.6 Å². The van der Waals surface area contributed by atoms with Gasteiger partial charge in [-0.05, 0) is 30.3 Å². The number of halogens is 1. The molecule has 0 saturated heterocycles. The average Bonchev–Trinajstić information content (AvgIpc) is 2.48. The Balaban J connectivity index is 1.61. The van der Waals surface area contributed by atoms with Gasteiger partial charge in [0.15, 0.2) is 0 Å². The minimum atomic E-state index is -0.0130. The number of nitrogens with one attached hydrogen (secondary N) is 1. The zero-order valence-corrected chi connectivity index (χ0v) is 13.2. The van der Waals surface area contributed by atoms with Crippen LogP contribution in [0.1, 0.15) is 12.1 Å². The summed E-state index contributed by atoms with van der Waals surface area (Å²) in [6.45, 7) is 0.957. The first-order chi connectivity index (χ1) is 10.2. The minimum Gasteiger partial charge on any atom is -0.493 e. The van der Waals surface area contributed by atoms with Gasteiger partial charge in [0.1, 0.15) is 5.75 Å². The Labute approximate surface area is 132 Å². The molecule has 0 fully saturated rings. The number of hydrogen-bond acceptors (Lipinski definition) is 3. The molecule has 1 N–H and O–H groups in total. The van der Waals surface area contributed by atoms with Crippen molar-refractivity contribution < 1.29 is 9.53 Å². The molecule has 21 heavy (non-hydrogen) atoms. The molecule has 0 saturated carbocycles. The molecule has 2 aromatic rings. The van der Waals surface area contributed by atoms with Crippen LogP contribution in [0.4, 0.5) is 0 Å². The fourth-order valence-corrected chi connectivity index (χ4v) is 2.16. The van der Waals surface area contributed by atoms with Crippen LogP contribution in [0, 0.1) is 0 Å². The molecular weight excluding hydrogens is 332 g/mol. The highest BCUT2D eigenvalue weighted by molar-refractivity contribution is 9.10. The van der Waals surface area contributed by atoms with E-state index in [1.807, 2.05) is 42.5 Å². The number of amides is 1. The fraction of sp³-hybridized carbons (Fsp3) is 0.250. The summed E-state index contributed by atoms with van der Waals surface area (Å²) in [6, 6.07) is 13.3. The number of benzene rings is 1. The number of ether oxygens (including phenoxy) is 1. The zero-order chi connectivity index (χ0) is 14.9. The average molecular weight is 349 g/mol. The summed E-state index contributed by atoms with van der Waals surface area (Å²) >= 11 is 3.37. The van der Waals surface area contributed by atoms with Crippen molar-refractivity contribution in [3.05, 3.63) is 58.8 Å². The molecule has 5 heteroatoms. The van der Waals surface area contributed by atoms with Crippen LogP contribution in [0.5, 0.6) is 5.75 Å². The molecule has 4 nitrogen and oxygen atoms in total. The highest BCUT2D eigenvalue weighted by atomic mass is 79.9. The molecule has 0 bridgehead atoms. The first kappa shape index (κ1) is 15.5. The number of hydrogen-bond donors (Lipinski definition) is 1. The van der Waals surface area contributed by atoms with Gasteiger partial charge in [-0.25, -0.2) is 0 Å². The van der Waals surface area contributed by atoms with Crippen molar-refractivity contribution in [3.8, 4) is 5.75 Å². The molecular formula is C16H17BrN2O2. The first-order valence-corrected chi connectivity index (χ1v) is 7.58. The van der Waals surface area contributed by atoms with Gasteiger partial charge in [-0.15, -0.1) is 0 Å². The number of carbonyl (C=O) groups is 1. The Morgan fingerprint density at radius 1 is 1.24 bits per heavy atom. The Kier molecular flexibility index (Phi) is 6.22. The normalized spacial score (nSPS) is 10.1. The van der Waals surface area contributed by atoms with Crippen LogP contribution in [-0.4, -0.2) is 24.0 Å². The predicted octanol–water partition coefficient (Wildman–Crippen LogP) is 2.97. The maximum Gasteiger partial charge on any atom is 0.223 e. The van der Waals surface area contributed by atoms with Gasteiger partial charge in [0.05, 0.1) is 13.0 Å². The van der Waals surface area contributed by atoms with E-state index in [2.05, 4.69) is 26.2 Å². The lowest BCUT2D eigenvalue weighted by atomic mass is 10.2. The van der Waals surface area contributed by atoms with Crippen LogP contribution in [0.15, 0.2) is 53.1 Å². The summed E-state index contributed by atoms with van der Waals surface area (Å²) in [5, 5.41) is 2.86. The zero-order valence-electron chi connectivity index (χ0n) is 11.6. The predicted molar refractivity (Wildman–Crippen MR) is 85.2 cm³/mol. The van der Waals surface area contributed by atoms with Crippen molar-refractivity contribution in [3.63, 3.8) is 0 Å². The number of carbonyl (C=O) groups excluding carboxylic acids is 1. The van der Waals surface area contributed by atoms with E-state index in [1.165, 1.54) is 0 Å². The first-order valence-electron chi connectivity index (χ1n) is 6.79. The van der Waals surface area contributed by atoms with Crippen LogP contribution < -0.4 is 10.1 Å². The van der Waals surface area contributed by atoms with Crippen LogP contribution in [0.2, 0.25) is 0 Å². The number of aromatic nitrogens is 1. The van der Waals surface area contributed by atoms with Crippen molar-refractivity contribution in [2.45, 2.75) is 12.8 Å².